The minimum absolute atomic E-state index is 0.00713. The largest absolute Gasteiger partial charge is 0.349 e. The minimum Gasteiger partial charge on any atom is -0.349 e. The molecule has 0 unspecified atom stereocenters. The first-order valence-corrected chi connectivity index (χ1v) is 7.60. The van der Waals surface area contributed by atoms with Crippen LogP contribution in [0, 0.1) is 27.9 Å². The third-order valence-corrected chi connectivity index (χ3v) is 5.13. The molecule has 0 aromatic heterocycles. The van der Waals surface area contributed by atoms with E-state index in [0.717, 1.165) is 11.8 Å². The Kier molecular flexibility index (Phi) is 3.66. The van der Waals surface area contributed by atoms with Crippen molar-refractivity contribution in [3.63, 3.8) is 0 Å². The smallest absolute Gasteiger partial charge is 0.269 e. The molecule has 112 valence electrons. The Morgan fingerprint density at radius 3 is 2.52 bits per heavy atom. The zero-order valence-corrected chi connectivity index (χ0v) is 12.1. The molecule has 1 amide bonds. The molecule has 5 nitrogen and oxygen atoms in total. The van der Waals surface area contributed by atoms with Crippen molar-refractivity contribution in [2.45, 2.75) is 38.6 Å². The van der Waals surface area contributed by atoms with Crippen LogP contribution in [0.1, 0.15) is 43.0 Å². The van der Waals surface area contributed by atoms with Gasteiger partial charge in [-0.15, -0.1) is 0 Å². The summed E-state index contributed by atoms with van der Waals surface area (Å²) in [5.74, 6) is 2.08. The van der Waals surface area contributed by atoms with E-state index in [9.17, 15) is 14.9 Å². The highest BCUT2D eigenvalue weighted by Gasteiger charge is 2.42. The van der Waals surface area contributed by atoms with Gasteiger partial charge in [0.05, 0.1) is 4.92 Å². The summed E-state index contributed by atoms with van der Waals surface area (Å²) >= 11 is 0. The fourth-order valence-electron chi connectivity index (χ4n) is 4.04. The summed E-state index contributed by atoms with van der Waals surface area (Å²) in [6.45, 7) is 2.08. The van der Waals surface area contributed by atoms with Gasteiger partial charge in [-0.2, -0.15) is 0 Å². The fourth-order valence-corrected chi connectivity index (χ4v) is 4.04. The van der Waals surface area contributed by atoms with E-state index >= 15 is 0 Å². The first-order valence-electron chi connectivity index (χ1n) is 7.60. The van der Waals surface area contributed by atoms with E-state index in [1.165, 1.54) is 49.9 Å². The second-order valence-electron chi connectivity index (χ2n) is 6.40. The fraction of sp³-hybridized carbons (Fsp3) is 0.562. The maximum Gasteiger partial charge on any atom is 0.269 e. The Bertz CT molecular complexity index is 555. The van der Waals surface area contributed by atoms with Crippen molar-refractivity contribution in [1.29, 1.82) is 0 Å². The highest BCUT2D eigenvalue weighted by molar-refractivity contribution is 5.94. The van der Waals surface area contributed by atoms with E-state index in [2.05, 4.69) is 12.2 Å². The maximum absolute atomic E-state index is 12.2. The number of carbonyl (C=O) groups is 1. The highest BCUT2D eigenvalue weighted by atomic mass is 16.6. The molecule has 2 fully saturated rings. The van der Waals surface area contributed by atoms with Gasteiger partial charge >= 0.3 is 0 Å². The third-order valence-electron chi connectivity index (χ3n) is 5.13. The number of hydrogen-bond acceptors (Lipinski definition) is 3. The molecule has 4 atom stereocenters. The van der Waals surface area contributed by atoms with Gasteiger partial charge in [0.15, 0.2) is 0 Å². The zero-order chi connectivity index (χ0) is 15.0. The maximum atomic E-state index is 12.2. The number of fused-ring (bicyclic) bond motifs is 2. The van der Waals surface area contributed by atoms with E-state index in [-0.39, 0.29) is 17.6 Å². The molecule has 0 heterocycles. The van der Waals surface area contributed by atoms with E-state index < -0.39 is 4.92 Å². The molecule has 21 heavy (non-hydrogen) atoms. The summed E-state index contributed by atoms with van der Waals surface area (Å²) in [5.41, 5.74) is 0.489. The predicted molar refractivity (Wildman–Crippen MR) is 79.0 cm³/mol. The van der Waals surface area contributed by atoms with Gasteiger partial charge in [0, 0.05) is 23.7 Å². The SMILES string of the molecule is C[C@H](NC(=O)c1ccc([N+](=O)[O-])cc1)[C@@H]1C[C@@H]2CC[C@@H]1C2. The molecule has 2 saturated carbocycles. The molecule has 3 rings (SSSR count). The minimum atomic E-state index is -0.459. The van der Waals surface area contributed by atoms with Gasteiger partial charge in [-0.05, 0) is 56.1 Å². The van der Waals surface area contributed by atoms with Crippen LogP contribution < -0.4 is 5.32 Å². The number of nitrogens with zero attached hydrogens (tertiary/aromatic N) is 1. The summed E-state index contributed by atoms with van der Waals surface area (Å²) in [7, 11) is 0. The lowest BCUT2D eigenvalue weighted by atomic mass is 9.84. The standard InChI is InChI=1S/C16H20N2O3/c1-10(15-9-11-2-3-13(15)8-11)17-16(19)12-4-6-14(7-5-12)18(20)21/h4-7,10-11,13,15H,2-3,8-9H2,1H3,(H,17,19)/t10-,11+,13+,15-/m0/s1. The Hall–Kier alpha value is -1.91. The first kappa shape index (κ1) is 14.0. The lowest BCUT2D eigenvalue weighted by molar-refractivity contribution is -0.384. The predicted octanol–water partition coefficient (Wildman–Crippen LogP) is 3.15. The van der Waals surface area contributed by atoms with E-state index in [1.54, 1.807) is 0 Å². The summed E-state index contributed by atoms with van der Waals surface area (Å²) in [4.78, 5) is 22.4. The van der Waals surface area contributed by atoms with Crippen LogP contribution in [0.4, 0.5) is 5.69 Å². The van der Waals surface area contributed by atoms with Crippen LogP contribution in [0.25, 0.3) is 0 Å². The number of non-ortho nitro benzene ring substituents is 1. The number of carbonyl (C=O) groups excluding carboxylic acids is 1. The van der Waals surface area contributed by atoms with Crippen LogP contribution in [-0.2, 0) is 0 Å². The quantitative estimate of drug-likeness (QED) is 0.683. The molecule has 0 spiro atoms. The molecule has 0 aliphatic heterocycles. The van der Waals surface area contributed by atoms with Crippen LogP contribution in [0.5, 0.6) is 0 Å². The van der Waals surface area contributed by atoms with Gasteiger partial charge < -0.3 is 5.32 Å². The van der Waals surface area contributed by atoms with Crippen molar-refractivity contribution < 1.29 is 9.72 Å². The van der Waals surface area contributed by atoms with Crippen molar-refractivity contribution in [3.05, 3.63) is 39.9 Å². The van der Waals surface area contributed by atoms with Gasteiger partial charge in [-0.25, -0.2) is 0 Å². The summed E-state index contributed by atoms with van der Waals surface area (Å²) in [6, 6.07) is 5.94. The average molecular weight is 288 g/mol. The average Bonchev–Trinajstić information content (AvgIpc) is 3.10. The monoisotopic (exact) mass is 288 g/mol. The van der Waals surface area contributed by atoms with Gasteiger partial charge in [0.1, 0.15) is 0 Å². The van der Waals surface area contributed by atoms with Crippen LogP contribution in [0.3, 0.4) is 0 Å². The number of nitro benzene ring substituents is 1. The van der Waals surface area contributed by atoms with Gasteiger partial charge in [-0.1, -0.05) is 6.42 Å². The number of rotatable bonds is 4. The van der Waals surface area contributed by atoms with Crippen molar-refractivity contribution in [1.82, 2.24) is 5.32 Å². The molecule has 1 aromatic carbocycles. The Labute approximate surface area is 123 Å². The Morgan fingerprint density at radius 2 is 2.00 bits per heavy atom. The Balaban J connectivity index is 1.61. The molecule has 5 heteroatoms. The molecule has 1 aromatic rings. The van der Waals surface area contributed by atoms with Gasteiger partial charge in [0.2, 0.25) is 0 Å². The summed E-state index contributed by atoms with van der Waals surface area (Å²) in [6.07, 6.45) is 5.20. The van der Waals surface area contributed by atoms with E-state index in [4.69, 9.17) is 0 Å². The third kappa shape index (κ3) is 2.77. The molecular formula is C16H20N2O3. The van der Waals surface area contributed by atoms with Crippen LogP contribution >= 0.6 is 0 Å². The topological polar surface area (TPSA) is 72.2 Å². The molecule has 0 saturated heterocycles. The number of benzene rings is 1. The van der Waals surface area contributed by atoms with Crippen LogP contribution in [-0.4, -0.2) is 16.9 Å². The molecule has 2 bridgehead atoms. The molecule has 1 N–H and O–H groups in total. The number of hydrogen-bond donors (Lipinski definition) is 1. The van der Waals surface area contributed by atoms with E-state index in [1.807, 2.05) is 0 Å². The number of nitro groups is 1. The lowest BCUT2D eigenvalue weighted by Crippen LogP contribution is -2.40. The highest BCUT2D eigenvalue weighted by Crippen LogP contribution is 2.49. The Morgan fingerprint density at radius 1 is 1.29 bits per heavy atom. The van der Waals surface area contributed by atoms with Gasteiger partial charge in [-0.3, -0.25) is 14.9 Å². The first-order chi connectivity index (χ1) is 10.0. The van der Waals surface area contributed by atoms with E-state index in [0.29, 0.717) is 11.5 Å². The molecule has 2 aliphatic carbocycles. The second kappa shape index (κ2) is 5.47. The number of amides is 1. The van der Waals surface area contributed by atoms with Gasteiger partial charge in [0.25, 0.3) is 11.6 Å². The normalized spacial score (nSPS) is 28.3. The van der Waals surface area contributed by atoms with Crippen molar-refractivity contribution >= 4 is 11.6 Å². The van der Waals surface area contributed by atoms with Crippen molar-refractivity contribution in [2.75, 3.05) is 0 Å². The van der Waals surface area contributed by atoms with Crippen LogP contribution in [0.2, 0.25) is 0 Å². The molecule has 2 aliphatic rings. The molecule has 0 radical (unpaired) electrons. The second-order valence-corrected chi connectivity index (χ2v) is 6.40. The van der Waals surface area contributed by atoms with Crippen molar-refractivity contribution in [2.24, 2.45) is 17.8 Å². The summed E-state index contributed by atoms with van der Waals surface area (Å²) in [5, 5.41) is 13.7. The van der Waals surface area contributed by atoms with Crippen LogP contribution in [0.15, 0.2) is 24.3 Å². The zero-order valence-electron chi connectivity index (χ0n) is 12.1. The molecular weight excluding hydrogens is 268 g/mol. The number of nitrogens with one attached hydrogen (secondary N) is 1. The lowest BCUT2D eigenvalue weighted by Gasteiger charge is -2.28. The summed E-state index contributed by atoms with van der Waals surface area (Å²) < 4.78 is 0. The van der Waals surface area contributed by atoms with Crippen molar-refractivity contribution in [3.8, 4) is 0 Å².